The minimum absolute atomic E-state index is 0.0649. The van der Waals surface area contributed by atoms with Gasteiger partial charge in [0.05, 0.1) is 0 Å². The molecule has 0 saturated carbocycles. The second-order valence-electron chi connectivity index (χ2n) is 3.33. The van der Waals surface area contributed by atoms with Gasteiger partial charge in [-0.2, -0.15) is 5.10 Å². The molecule has 1 aliphatic rings. The van der Waals surface area contributed by atoms with E-state index in [0.717, 1.165) is 5.56 Å². The molecule has 15 heavy (non-hydrogen) atoms. The Hall–Kier alpha value is -1.46. The van der Waals surface area contributed by atoms with Crippen LogP contribution in [0.3, 0.4) is 0 Å². The van der Waals surface area contributed by atoms with Crippen LogP contribution in [0.4, 0.5) is 0 Å². The number of nitrogens with two attached hydrogens (primary N) is 1. The largest absolute Gasteiger partial charge is 0.375 e. The van der Waals surface area contributed by atoms with E-state index in [-0.39, 0.29) is 5.11 Å². The first-order valence-electron chi connectivity index (χ1n) is 4.54. The van der Waals surface area contributed by atoms with Gasteiger partial charge in [0.15, 0.2) is 10.8 Å². The van der Waals surface area contributed by atoms with Crippen LogP contribution in [-0.4, -0.2) is 21.4 Å². The molecule has 0 amide bonds. The zero-order valence-electron chi connectivity index (χ0n) is 8.00. The van der Waals surface area contributed by atoms with Gasteiger partial charge in [-0.25, -0.2) is 5.01 Å². The van der Waals surface area contributed by atoms with Crippen LogP contribution in [0.5, 0.6) is 0 Å². The number of benzene rings is 1. The van der Waals surface area contributed by atoms with Crippen molar-refractivity contribution in [2.75, 3.05) is 0 Å². The molecule has 0 aliphatic carbocycles. The lowest BCUT2D eigenvalue weighted by Gasteiger charge is -2.31. The van der Waals surface area contributed by atoms with Gasteiger partial charge in [-0.05, 0) is 12.2 Å². The molecule has 78 valence electrons. The van der Waals surface area contributed by atoms with Crippen molar-refractivity contribution in [3.63, 3.8) is 0 Å². The second-order valence-corrected chi connectivity index (χ2v) is 3.75. The Morgan fingerprint density at radius 1 is 1.47 bits per heavy atom. The van der Waals surface area contributed by atoms with Crippen molar-refractivity contribution in [1.29, 1.82) is 0 Å². The number of hydrazone groups is 1. The van der Waals surface area contributed by atoms with Gasteiger partial charge in [-0.3, -0.25) is 0 Å². The zero-order chi connectivity index (χ0) is 10.9. The van der Waals surface area contributed by atoms with Crippen LogP contribution in [0.2, 0.25) is 0 Å². The minimum atomic E-state index is -1.23. The predicted molar refractivity (Wildman–Crippen MR) is 62.1 cm³/mol. The maximum Gasteiger partial charge on any atom is 0.192 e. The van der Waals surface area contributed by atoms with Gasteiger partial charge in [0, 0.05) is 18.2 Å². The molecule has 1 heterocycles. The fraction of sp³-hybridized carbons (Fsp3) is 0.200. The monoisotopic (exact) mass is 221 g/mol. The van der Waals surface area contributed by atoms with E-state index in [4.69, 9.17) is 18.0 Å². The van der Waals surface area contributed by atoms with E-state index in [0.29, 0.717) is 6.42 Å². The molecule has 0 fully saturated rings. The van der Waals surface area contributed by atoms with Crippen molar-refractivity contribution in [1.82, 2.24) is 5.01 Å². The highest BCUT2D eigenvalue weighted by Crippen LogP contribution is 2.32. The molecule has 1 atom stereocenters. The van der Waals surface area contributed by atoms with Gasteiger partial charge in [0.1, 0.15) is 0 Å². The van der Waals surface area contributed by atoms with Gasteiger partial charge in [0.25, 0.3) is 0 Å². The highest BCUT2D eigenvalue weighted by atomic mass is 32.1. The molecule has 4 nitrogen and oxygen atoms in total. The van der Waals surface area contributed by atoms with Crippen LogP contribution in [0.25, 0.3) is 0 Å². The molecule has 0 spiro atoms. The molecule has 3 N–H and O–H groups in total. The highest BCUT2D eigenvalue weighted by Gasteiger charge is 2.40. The third-order valence-corrected chi connectivity index (χ3v) is 2.54. The van der Waals surface area contributed by atoms with Crippen molar-refractivity contribution >= 4 is 23.5 Å². The minimum Gasteiger partial charge on any atom is -0.375 e. The summed E-state index contributed by atoms with van der Waals surface area (Å²) in [5, 5.41) is 15.7. The summed E-state index contributed by atoms with van der Waals surface area (Å²) < 4.78 is 0. The molecule has 0 aromatic heterocycles. The van der Waals surface area contributed by atoms with Crippen LogP contribution in [0.15, 0.2) is 35.4 Å². The van der Waals surface area contributed by atoms with Gasteiger partial charge < -0.3 is 10.8 Å². The molecule has 2 rings (SSSR count). The summed E-state index contributed by atoms with van der Waals surface area (Å²) in [6, 6.07) is 9.22. The summed E-state index contributed by atoms with van der Waals surface area (Å²) in [6.07, 6.45) is 1.99. The molecule has 0 bridgehead atoms. The molecule has 0 radical (unpaired) electrons. The van der Waals surface area contributed by atoms with E-state index in [1.807, 2.05) is 30.3 Å². The third kappa shape index (κ3) is 1.60. The van der Waals surface area contributed by atoms with Crippen molar-refractivity contribution < 1.29 is 5.11 Å². The number of rotatable bonds is 1. The van der Waals surface area contributed by atoms with E-state index in [1.165, 1.54) is 5.01 Å². The molecule has 5 heteroatoms. The first kappa shape index (κ1) is 10.1. The van der Waals surface area contributed by atoms with Gasteiger partial charge in [0.2, 0.25) is 0 Å². The maximum absolute atomic E-state index is 10.4. The van der Waals surface area contributed by atoms with Crippen molar-refractivity contribution in [3.05, 3.63) is 35.9 Å². The number of hydrogen-bond donors (Lipinski definition) is 2. The lowest BCUT2D eigenvalue weighted by atomic mass is 10.0. The van der Waals surface area contributed by atoms with Gasteiger partial charge in [-0.15, -0.1) is 0 Å². The Bertz CT molecular complexity index is 406. The summed E-state index contributed by atoms with van der Waals surface area (Å²) in [6.45, 7) is 0. The lowest BCUT2D eigenvalue weighted by molar-refractivity contribution is -0.0563. The van der Waals surface area contributed by atoms with Crippen molar-refractivity contribution in [3.8, 4) is 0 Å². The van der Waals surface area contributed by atoms with E-state index in [9.17, 15) is 5.11 Å². The fourth-order valence-electron chi connectivity index (χ4n) is 1.62. The summed E-state index contributed by atoms with van der Waals surface area (Å²) in [5.74, 6) is 0. The SMILES string of the molecule is NC(=S)N1N=CCC1(O)c1ccccc1. The topological polar surface area (TPSA) is 61.8 Å². The summed E-state index contributed by atoms with van der Waals surface area (Å²) >= 11 is 4.83. The van der Waals surface area contributed by atoms with Crippen molar-refractivity contribution in [2.45, 2.75) is 12.1 Å². The number of nitrogens with zero attached hydrogens (tertiary/aromatic N) is 2. The summed E-state index contributed by atoms with van der Waals surface area (Å²) in [5.41, 5.74) is 5.00. The first-order chi connectivity index (χ1) is 7.14. The van der Waals surface area contributed by atoms with Crippen LogP contribution in [0, 0.1) is 0 Å². The molecule has 1 aliphatic heterocycles. The Kier molecular flexibility index (Phi) is 2.42. The van der Waals surface area contributed by atoms with Crippen LogP contribution < -0.4 is 5.73 Å². The van der Waals surface area contributed by atoms with E-state index in [1.54, 1.807) is 6.21 Å². The Labute approximate surface area is 93.0 Å². The van der Waals surface area contributed by atoms with E-state index >= 15 is 0 Å². The number of thiocarbonyl (C=S) groups is 1. The number of hydrogen-bond acceptors (Lipinski definition) is 3. The molecule has 1 aromatic rings. The van der Waals surface area contributed by atoms with Crippen molar-refractivity contribution in [2.24, 2.45) is 10.8 Å². The normalized spacial score (nSPS) is 24.5. The summed E-state index contributed by atoms with van der Waals surface area (Å²) in [7, 11) is 0. The zero-order valence-corrected chi connectivity index (χ0v) is 8.81. The van der Waals surface area contributed by atoms with Gasteiger partial charge >= 0.3 is 0 Å². The average molecular weight is 221 g/mol. The third-order valence-electron chi connectivity index (χ3n) is 2.37. The smallest absolute Gasteiger partial charge is 0.192 e. The Morgan fingerprint density at radius 3 is 2.73 bits per heavy atom. The van der Waals surface area contributed by atoms with Crippen LogP contribution in [-0.2, 0) is 5.72 Å². The summed E-state index contributed by atoms with van der Waals surface area (Å²) in [4.78, 5) is 0. The molecule has 0 saturated heterocycles. The first-order valence-corrected chi connectivity index (χ1v) is 4.95. The number of aliphatic hydroxyl groups is 1. The Balaban J connectivity index is 2.39. The molecule has 1 unspecified atom stereocenters. The quantitative estimate of drug-likeness (QED) is 0.687. The Morgan fingerprint density at radius 2 is 2.13 bits per heavy atom. The average Bonchev–Trinajstić information content (AvgIpc) is 2.63. The van der Waals surface area contributed by atoms with E-state index < -0.39 is 5.72 Å². The maximum atomic E-state index is 10.4. The van der Waals surface area contributed by atoms with Crippen LogP contribution >= 0.6 is 12.2 Å². The fourth-order valence-corrected chi connectivity index (χ4v) is 1.81. The van der Waals surface area contributed by atoms with Crippen LogP contribution in [0.1, 0.15) is 12.0 Å². The molecule has 1 aromatic carbocycles. The standard InChI is InChI=1S/C10H11N3OS/c11-9(15)13-10(14,6-7-12-13)8-4-2-1-3-5-8/h1-5,7,14H,6H2,(H2,11,15). The highest BCUT2D eigenvalue weighted by molar-refractivity contribution is 7.80. The predicted octanol–water partition coefficient (Wildman–Crippen LogP) is 0.767. The van der Waals surface area contributed by atoms with E-state index in [2.05, 4.69) is 5.10 Å². The molecular formula is C10H11N3OS. The molecular weight excluding hydrogens is 210 g/mol. The van der Waals surface area contributed by atoms with Gasteiger partial charge in [-0.1, -0.05) is 30.3 Å². The second kappa shape index (κ2) is 3.60. The lowest BCUT2D eigenvalue weighted by Crippen LogP contribution is -2.45.